The molecule has 0 atom stereocenters. The highest BCUT2D eigenvalue weighted by Gasteiger charge is 2.26. The van der Waals surface area contributed by atoms with E-state index >= 15 is 0 Å². The Hall–Kier alpha value is -2.24. The van der Waals surface area contributed by atoms with E-state index in [0.29, 0.717) is 45.5 Å². The number of ether oxygens (including phenoxy) is 1. The number of amides is 6. The number of hydrogen-bond acceptors (Lipinski definition) is 7. The molecule has 0 aliphatic heterocycles. The number of urea groups is 2. The SMILES string of the molecule is CNCCCCCCN(CCCCCCNC=O)C(=O)N(CCCCCCNC(C)(C)COC(C)(C)C)C(=O)NC=O. The van der Waals surface area contributed by atoms with E-state index in [-0.39, 0.29) is 23.7 Å². The van der Waals surface area contributed by atoms with Crippen LogP contribution in [0, 0.1) is 0 Å². The van der Waals surface area contributed by atoms with Gasteiger partial charge in [-0.1, -0.05) is 38.5 Å². The van der Waals surface area contributed by atoms with Gasteiger partial charge in [0.2, 0.25) is 12.8 Å². The van der Waals surface area contributed by atoms with E-state index in [0.717, 1.165) is 83.7 Å². The molecule has 0 aromatic carbocycles. The van der Waals surface area contributed by atoms with Gasteiger partial charge in [-0.3, -0.25) is 14.9 Å². The van der Waals surface area contributed by atoms with Crippen molar-refractivity contribution in [3.63, 3.8) is 0 Å². The van der Waals surface area contributed by atoms with Crippen LogP contribution < -0.4 is 21.3 Å². The van der Waals surface area contributed by atoms with Crippen molar-refractivity contribution in [3.05, 3.63) is 0 Å². The Morgan fingerprint density at radius 1 is 0.690 bits per heavy atom. The molecule has 0 fully saturated rings. The summed E-state index contributed by atoms with van der Waals surface area (Å²) in [6.07, 6.45) is 12.2. The molecule has 4 N–H and O–H groups in total. The van der Waals surface area contributed by atoms with E-state index in [1.807, 2.05) is 7.05 Å². The number of nitrogens with zero attached hydrogens (tertiary/aromatic N) is 2. The summed E-state index contributed by atoms with van der Waals surface area (Å²) in [6, 6.07) is -1.01. The van der Waals surface area contributed by atoms with Crippen LogP contribution in [-0.2, 0) is 14.3 Å². The van der Waals surface area contributed by atoms with Crippen LogP contribution in [0.2, 0.25) is 0 Å². The molecule has 0 aromatic rings. The van der Waals surface area contributed by atoms with Gasteiger partial charge in [-0.15, -0.1) is 0 Å². The highest BCUT2D eigenvalue weighted by molar-refractivity contribution is 5.97. The van der Waals surface area contributed by atoms with Crippen LogP contribution in [0.1, 0.15) is 112 Å². The number of nitrogens with one attached hydrogen (secondary N) is 4. The average Bonchev–Trinajstić information content (AvgIpc) is 2.93. The molecule has 0 unspecified atom stereocenters. The van der Waals surface area contributed by atoms with Crippen molar-refractivity contribution in [1.29, 1.82) is 0 Å². The maximum Gasteiger partial charge on any atom is 0.331 e. The molecule has 0 aliphatic rings. The minimum absolute atomic E-state index is 0.119. The monoisotopic (exact) mass is 598 g/mol. The van der Waals surface area contributed by atoms with Crippen LogP contribution in [0.25, 0.3) is 0 Å². The van der Waals surface area contributed by atoms with Gasteiger partial charge in [-0.05, 0) is 93.3 Å². The Kier molecular flexibility index (Phi) is 22.9. The predicted molar refractivity (Wildman–Crippen MR) is 169 cm³/mol. The van der Waals surface area contributed by atoms with E-state index in [9.17, 15) is 19.2 Å². The third-order valence-corrected chi connectivity index (χ3v) is 6.89. The Balaban J connectivity index is 4.86. The molecule has 42 heavy (non-hydrogen) atoms. The van der Waals surface area contributed by atoms with E-state index < -0.39 is 6.03 Å². The lowest BCUT2D eigenvalue weighted by Crippen LogP contribution is -2.50. The van der Waals surface area contributed by atoms with Gasteiger partial charge in [0.1, 0.15) is 0 Å². The van der Waals surface area contributed by atoms with E-state index in [1.54, 1.807) is 4.90 Å². The first-order valence-corrected chi connectivity index (χ1v) is 16.0. The van der Waals surface area contributed by atoms with Crippen molar-refractivity contribution in [2.45, 2.75) is 123 Å². The topological polar surface area (TPSA) is 132 Å². The summed E-state index contributed by atoms with van der Waals surface area (Å²) in [5.41, 5.74) is -0.290. The molecule has 11 nitrogen and oxygen atoms in total. The summed E-state index contributed by atoms with van der Waals surface area (Å²) in [4.78, 5) is 50.6. The molecule has 0 saturated carbocycles. The lowest BCUT2D eigenvalue weighted by atomic mass is 10.1. The standard InChI is InChI=1S/C31H62N6O5/c1-30(2,3)42-25-31(4,5)35-21-15-9-12-18-24-37(28(40)34-27-39)29(41)36(22-16-10-7-13-19-32-6)23-17-11-8-14-20-33-26-38/h26-27,32,35H,7-25H2,1-6H3,(H,33,38)(H,34,39,40). The number of unbranched alkanes of at least 4 members (excludes halogenated alkanes) is 9. The van der Waals surface area contributed by atoms with Gasteiger partial charge in [0, 0.05) is 31.7 Å². The third-order valence-electron chi connectivity index (χ3n) is 6.89. The number of hydrogen-bond donors (Lipinski definition) is 4. The van der Waals surface area contributed by atoms with Crippen molar-refractivity contribution < 1.29 is 23.9 Å². The molecule has 0 spiro atoms. The summed E-state index contributed by atoms with van der Waals surface area (Å²) >= 11 is 0. The quantitative estimate of drug-likeness (QED) is 0.0857. The lowest BCUT2D eigenvalue weighted by molar-refractivity contribution is -0.110. The normalized spacial score (nSPS) is 11.7. The van der Waals surface area contributed by atoms with Crippen molar-refractivity contribution in [2.24, 2.45) is 0 Å². The molecule has 6 amide bonds. The average molecular weight is 599 g/mol. The first-order chi connectivity index (χ1) is 20.0. The zero-order chi connectivity index (χ0) is 31.7. The molecule has 0 aromatic heterocycles. The van der Waals surface area contributed by atoms with Crippen LogP contribution >= 0.6 is 0 Å². The maximum absolute atomic E-state index is 13.5. The first kappa shape index (κ1) is 39.8. The van der Waals surface area contributed by atoms with Gasteiger partial charge in [-0.25, -0.2) is 14.5 Å². The van der Waals surface area contributed by atoms with Gasteiger partial charge < -0.3 is 25.6 Å². The van der Waals surface area contributed by atoms with Crippen LogP contribution in [-0.4, -0.2) is 98.7 Å². The van der Waals surface area contributed by atoms with Crippen LogP contribution in [0.5, 0.6) is 0 Å². The lowest BCUT2D eigenvalue weighted by Gasteiger charge is -2.31. The zero-order valence-corrected chi connectivity index (χ0v) is 27.5. The fourth-order valence-corrected chi connectivity index (χ4v) is 4.41. The third kappa shape index (κ3) is 22.4. The van der Waals surface area contributed by atoms with Gasteiger partial charge in [0.15, 0.2) is 0 Å². The number of imide groups is 2. The smallest absolute Gasteiger partial charge is 0.331 e. The minimum Gasteiger partial charge on any atom is -0.374 e. The fourth-order valence-electron chi connectivity index (χ4n) is 4.41. The van der Waals surface area contributed by atoms with E-state index in [4.69, 9.17) is 4.74 Å². The summed E-state index contributed by atoms with van der Waals surface area (Å²) in [7, 11) is 1.94. The second kappa shape index (κ2) is 24.2. The molecule has 0 rings (SSSR count). The van der Waals surface area contributed by atoms with E-state index in [2.05, 4.69) is 55.9 Å². The number of rotatable bonds is 26. The van der Waals surface area contributed by atoms with Gasteiger partial charge in [-0.2, -0.15) is 0 Å². The van der Waals surface area contributed by atoms with Crippen molar-refractivity contribution in [2.75, 3.05) is 52.9 Å². The molecular formula is C31H62N6O5. The fraction of sp³-hybridized carbons (Fsp3) is 0.871. The van der Waals surface area contributed by atoms with Crippen LogP contribution in [0.15, 0.2) is 0 Å². The maximum atomic E-state index is 13.5. The highest BCUT2D eigenvalue weighted by atomic mass is 16.5. The second-order valence-electron chi connectivity index (χ2n) is 12.6. The summed E-state index contributed by atoms with van der Waals surface area (Å²) in [5, 5.41) is 11.5. The molecule has 0 radical (unpaired) electrons. The van der Waals surface area contributed by atoms with Gasteiger partial charge in [0.05, 0.1) is 12.2 Å². The first-order valence-electron chi connectivity index (χ1n) is 16.0. The molecule has 246 valence electrons. The molecule has 0 heterocycles. The Labute approximate surface area is 255 Å². The Morgan fingerprint density at radius 2 is 1.21 bits per heavy atom. The second-order valence-corrected chi connectivity index (χ2v) is 12.6. The van der Waals surface area contributed by atoms with E-state index in [1.165, 1.54) is 4.90 Å². The van der Waals surface area contributed by atoms with Gasteiger partial charge >= 0.3 is 12.1 Å². The van der Waals surface area contributed by atoms with Crippen LogP contribution in [0.3, 0.4) is 0 Å². The van der Waals surface area contributed by atoms with Crippen molar-refractivity contribution >= 4 is 24.9 Å². The zero-order valence-electron chi connectivity index (χ0n) is 27.5. The molecule has 0 aliphatic carbocycles. The van der Waals surface area contributed by atoms with Crippen LogP contribution in [0.4, 0.5) is 9.59 Å². The Bertz CT molecular complexity index is 729. The summed E-state index contributed by atoms with van der Waals surface area (Å²) < 4.78 is 5.91. The molecule has 0 saturated heterocycles. The molecule has 0 bridgehead atoms. The molecular weight excluding hydrogens is 536 g/mol. The summed E-state index contributed by atoms with van der Waals surface area (Å²) in [5.74, 6) is 0. The largest absolute Gasteiger partial charge is 0.374 e. The number of carbonyl (C=O) groups is 4. The minimum atomic E-state index is -0.670. The van der Waals surface area contributed by atoms with Crippen molar-refractivity contribution in [3.8, 4) is 0 Å². The van der Waals surface area contributed by atoms with Crippen molar-refractivity contribution in [1.82, 2.24) is 31.1 Å². The highest BCUT2D eigenvalue weighted by Crippen LogP contribution is 2.13. The summed E-state index contributed by atoms with van der Waals surface area (Å²) in [6.45, 7) is 14.9. The predicted octanol–water partition coefficient (Wildman–Crippen LogP) is 4.41. The Morgan fingerprint density at radius 3 is 1.74 bits per heavy atom. The van der Waals surface area contributed by atoms with Gasteiger partial charge in [0.25, 0.3) is 0 Å². The molecule has 11 heteroatoms. The number of carbonyl (C=O) groups excluding carboxylic acids is 4.